The molecule has 2 heterocycles. The van der Waals surface area contributed by atoms with Gasteiger partial charge in [0.1, 0.15) is 5.82 Å². The summed E-state index contributed by atoms with van der Waals surface area (Å²) in [7, 11) is 3.48. The maximum atomic E-state index is 14.6. The van der Waals surface area contributed by atoms with E-state index in [4.69, 9.17) is 9.15 Å². The summed E-state index contributed by atoms with van der Waals surface area (Å²) in [4.78, 5) is 30.9. The summed E-state index contributed by atoms with van der Waals surface area (Å²) in [6, 6.07) is 4.71. The number of urea groups is 1. The molecule has 2 aliphatic rings. The number of benzene rings is 1. The number of nitrogens with zero attached hydrogens (tertiary/aromatic N) is 3. The van der Waals surface area contributed by atoms with Gasteiger partial charge in [0.2, 0.25) is 0 Å². The minimum Gasteiger partial charge on any atom is -0.445 e. The van der Waals surface area contributed by atoms with Crippen molar-refractivity contribution in [3.63, 3.8) is 0 Å². The van der Waals surface area contributed by atoms with Gasteiger partial charge in [-0.15, -0.1) is 0 Å². The van der Waals surface area contributed by atoms with Gasteiger partial charge in [-0.25, -0.2) is 19.0 Å². The van der Waals surface area contributed by atoms with Crippen LogP contribution in [0.5, 0.6) is 0 Å². The van der Waals surface area contributed by atoms with E-state index in [1.807, 2.05) is 4.90 Å². The smallest absolute Gasteiger partial charge is 0.412 e. The van der Waals surface area contributed by atoms with Crippen LogP contribution in [0.4, 0.5) is 19.7 Å². The number of anilines is 1. The number of amides is 3. The standard InChI is InChI=1S/C20H23FN4O4.H2/c1-24(2)19(27)25-10-20(11-25)6-13(7-20)16-4-3-14(5-17(16)21)23-18(26)28-9-15-8-22-12-29-15;/h3-5,8,12-13H,6-7,9-11H2,1-2H3,(H,23,26);1H. The van der Waals surface area contributed by atoms with Crippen LogP contribution in [0.15, 0.2) is 35.2 Å². The van der Waals surface area contributed by atoms with Crippen LogP contribution in [-0.2, 0) is 11.3 Å². The molecule has 2 fully saturated rings. The summed E-state index contributed by atoms with van der Waals surface area (Å²) in [5.74, 6) is 0.208. The lowest BCUT2D eigenvalue weighted by atomic mass is 9.56. The lowest BCUT2D eigenvalue weighted by Gasteiger charge is -2.59. The maximum absolute atomic E-state index is 14.6. The van der Waals surface area contributed by atoms with Crippen molar-refractivity contribution in [2.45, 2.75) is 25.4 Å². The monoisotopic (exact) mass is 404 g/mol. The molecule has 1 aromatic heterocycles. The average Bonchev–Trinajstić information content (AvgIpc) is 3.12. The Kier molecular flexibility index (Phi) is 4.89. The summed E-state index contributed by atoms with van der Waals surface area (Å²) < 4.78 is 24.5. The number of carbonyl (C=O) groups is 2. The first-order valence-corrected chi connectivity index (χ1v) is 9.42. The fourth-order valence-electron chi connectivity index (χ4n) is 4.19. The Morgan fingerprint density at radius 1 is 1.41 bits per heavy atom. The molecule has 1 aliphatic heterocycles. The van der Waals surface area contributed by atoms with E-state index in [0.29, 0.717) is 17.0 Å². The maximum Gasteiger partial charge on any atom is 0.412 e. The number of oxazole rings is 1. The highest BCUT2D eigenvalue weighted by Crippen LogP contribution is 2.56. The number of nitrogens with one attached hydrogen (secondary N) is 1. The molecule has 2 aromatic rings. The molecule has 29 heavy (non-hydrogen) atoms. The second-order valence-electron chi connectivity index (χ2n) is 8.04. The number of hydrogen-bond donors (Lipinski definition) is 1. The summed E-state index contributed by atoms with van der Waals surface area (Å²) in [6.07, 6.45) is 3.73. The number of likely N-dealkylation sites (tertiary alicyclic amines) is 1. The highest BCUT2D eigenvalue weighted by molar-refractivity contribution is 5.84. The van der Waals surface area contributed by atoms with Crippen LogP contribution in [0.1, 0.15) is 31.5 Å². The topological polar surface area (TPSA) is 87.9 Å². The Hall–Kier alpha value is -3.10. The third-order valence-corrected chi connectivity index (χ3v) is 5.58. The molecular formula is C20H25FN4O4. The van der Waals surface area contributed by atoms with Crippen LogP contribution in [0, 0.1) is 11.2 Å². The van der Waals surface area contributed by atoms with Crippen molar-refractivity contribution in [2.75, 3.05) is 32.5 Å². The zero-order valence-corrected chi connectivity index (χ0v) is 16.4. The molecule has 1 spiro atoms. The van der Waals surface area contributed by atoms with Gasteiger partial charge in [-0.1, -0.05) is 6.07 Å². The molecule has 0 unspecified atom stereocenters. The number of ether oxygens (including phenoxy) is 1. The van der Waals surface area contributed by atoms with Crippen molar-refractivity contribution in [1.82, 2.24) is 14.8 Å². The minimum absolute atomic E-state index is 0. The van der Waals surface area contributed by atoms with E-state index < -0.39 is 6.09 Å². The Balaban J connectivity index is 0.00000256. The molecule has 1 N–H and O–H groups in total. The Bertz CT molecular complexity index is 908. The van der Waals surface area contributed by atoms with Crippen LogP contribution in [0.2, 0.25) is 0 Å². The van der Waals surface area contributed by atoms with E-state index in [1.165, 1.54) is 18.7 Å². The molecule has 1 saturated carbocycles. The Labute approximate surface area is 169 Å². The fraction of sp³-hybridized carbons (Fsp3) is 0.450. The average molecular weight is 404 g/mol. The lowest BCUT2D eigenvalue weighted by molar-refractivity contribution is -0.0529. The number of carbonyl (C=O) groups excluding carboxylic acids is 2. The van der Waals surface area contributed by atoms with Crippen molar-refractivity contribution >= 4 is 17.8 Å². The molecule has 156 valence electrons. The van der Waals surface area contributed by atoms with Gasteiger partial charge in [0, 0.05) is 39.7 Å². The third kappa shape index (κ3) is 3.90. The number of hydrogen-bond acceptors (Lipinski definition) is 5. The number of rotatable bonds is 4. The predicted molar refractivity (Wildman–Crippen MR) is 104 cm³/mol. The molecule has 0 radical (unpaired) electrons. The van der Waals surface area contributed by atoms with E-state index in [9.17, 15) is 14.0 Å². The molecule has 9 heteroatoms. The molecule has 4 rings (SSSR count). The molecule has 3 amide bonds. The molecular weight excluding hydrogens is 379 g/mol. The van der Waals surface area contributed by atoms with Gasteiger partial charge >= 0.3 is 12.1 Å². The summed E-state index contributed by atoms with van der Waals surface area (Å²) in [6.45, 7) is 1.42. The second-order valence-corrected chi connectivity index (χ2v) is 8.04. The van der Waals surface area contributed by atoms with Gasteiger partial charge in [0.25, 0.3) is 0 Å². The summed E-state index contributed by atoms with van der Waals surface area (Å²) in [5.41, 5.74) is 1.10. The van der Waals surface area contributed by atoms with Gasteiger partial charge in [-0.05, 0) is 36.5 Å². The van der Waals surface area contributed by atoms with Crippen molar-refractivity contribution in [3.05, 3.63) is 47.9 Å². The highest BCUT2D eigenvalue weighted by atomic mass is 19.1. The first kappa shape index (κ1) is 19.2. The van der Waals surface area contributed by atoms with E-state index in [1.54, 1.807) is 31.1 Å². The summed E-state index contributed by atoms with van der Waals surface area (Å²) >= 11 is 0. The van der Waals surface area contributed by atoms with Crippen LogP contribution in [-0.4, -0.2) is 54.1 Å². The van der Waals surface area contributed by atoms with Gasteiger partial charge in [0.05, 0.1) is 6.20 Å². The largest absolute Gasteiger partial charge is 0.445 e. The Morgan fingerprint density at radius 3 is 2.79 bits per heavy atom. The fourth-order valence-corrected chi connectivity index (χ4v) is 4.19. The highest BCUT2D eigenvalue weighted by Gasteiger charge is 2.54. The van der Waals surface area contributed by atoms with Crippen molar-refractivity contribution in [1.29, 1.82) is 0 Å². The van der Waals surface area contributed by atoms with Crippen LogP contribution in [0.25, 0.3) is 0 Å². The first-order valence-electron chi connectivity index (χ1n) is 9.42. The quantitative estimate of drug-likeness (QED) is 0.840. The van der Waals surface area contributed by atoms with Crippen LogP contribution in [0.3, 0.4) is 0 Å². The van der Waals surface area contributed by atoms with Crippen LogP contribution >= 0.6 is 0 Å². The van der Waals surface area contributed by atoms with E-state index in [0.717, 1.165) is 25.9 Å². The molecule has 0 atom stereocenters. The van der Waals surface area contributed by atoms with E-state index in [-0.39, 0.29) is 31.2 Å². The number of aromatic nitrogens is 1. The molecule has 1 aliphatic carbocycles. The van der Waals surface area contributed by atoms with Crippen LogP contribution < -0.4 is 5.32 Å². The molecule has 1 aromatic carbocycles. The minimum atomic E-state index is -0.698. The first-order chi connectivity index (χ1) is 13.8. The molecule has 1 saturated heterocycles. The van der Waals surface area contributed by atoms with Gasteiger partial charge in [-0.3, -0.25) is 5.32 Å². The Morgan fingerprint density at radius 2 is 2.17 bits per heavy atom. The zero-order valence-electron chi connectivity index (χ0n) is 16.4. The zero-order chi connectivity index (χ0) is 20.6. The van der Waals surface area contributed by atoms with Crippen molar-refractivity contribution in [3.8, 4) is 0 Å². The number of halogens is 1. The molecule has 8 nitrogen and oxygen atoms in total. The molecule has 0 bridgehead atoms. The van der Waals surface area contributed by atoms with E-state index >= 15 is 0 Å². The predicted octanol–water partition coefficient (Wildman–Crippen LogP) is 3.67. The van der Waals surface area contributed by atoms with E-state index in [2.05, 4.69) is 10.3 Å². The lowest BCUT2D eigenvalue weighted by Crippen LogP contribution is -2.64. The van der Waals surface area contributed by atoms with Gasteiger partial charge in [0.15, 0.2) is 18.8 Å². The normalized spacial score (nSPS) is 17.4. The summed E-state index contributed by atoms with van der Waals surface area (Å²) in [5, 5.41) is 2.50. The SMILES string of the molecule is CN(C)C(=O)N1CC2(CC(c3ccc(NC(=O)OCc4cnco4)cc3F)C2)C1.[HH]. The van der Waals surface area contributed by atoms with Gasteiger partial charge in [-0.2, -0.15) is 0 Å². The van der Waals surface area contributed by atoms with Crippen molar-refractivity contribution < 1.29 is 24.6 Å². The second kappa shape index (κ2) is 7.38. The van der Waals surface area contributed by atoms with Crippen molar-refractivity contribution in [2.24, 2.45) is 5.41 Å². The van der Waals surface area contributed by atoms with Gasteiger partial charge < -0.3 is 19.0 Å². The third-order valence-electron chi connectivity index (χ3n) is 5.58.